The second-order valence-corrected chi connectivity index (χ2v) is 20.6. The average Bonchev–Trinajstić information content (AvgIpc) is 4.05. The number of aromatic hydroxyl groups is 1. The van der Waals surface area contributed by atoms with E-state index in [-0.39, 0.29) is 95.6 Å². The van der Waals surface area contributed by atoms with Crippen molar-refractivity contribution >= 4 is 46.9 Å². The summed E-state index contributed by atoms with van der Waals surface area (Å²) < 4.78 is 47.3. The molecule has 6 heterocycles. The zero-order valence-corrected chi connectivity index (χ0v) is 44.5. The number of amides is 2. The number of aromatic nitrogens is 6. The molecule has 2 aliphatic rings. The molecule has 9 rings (SSSR count). The lowest BCUT2D eigenvalue weighted by Crippen LogP contribution is -2.50. The molecule has 2 aliphatic heterocycles. The molecule has 0 saturated carbocycles. The number of carbonyl (C=O) groups excluding carboxylic acids is 2. The molecule has 0 unspecified atom stereocenters. The smallest absolute Gasteiger partial charge is 0.274 e. The van der Waals surface area contributed by atoms with E-state index in [1.54, 1.807) is 65.2 Å². The van der Waals surface area contributed by atoms with Gasteiger partial charge in [0.1, 0.15) is 28.3 Å². The first-order valence-electron chi connectivity index (χ1n) is 23.7. The van der Waals surface area contributed by atoms with E-state index < -0.39 is 22.5 Å². The van der Waals surface area contributed by atoms with E-state index >= 15 is 0 Å². The summed E-state index contributed by atoms with van der Waals surface area (Å²) >= 11 is 2.50. The van der Waals surface area contributed by atoms with Crippen molar-refractivity contribution in [3.8, 4) is 32.6 Å². The van der Waals surface area contributed by atoms with Gasteiger partial charge in [-0.25, -0.2) is 8.78 Å². The van der Waals surface area contributed by atoms with E-state index in [4.69, 9.17) is 14.2 Å². The number of methoxy groups -OCH3 is 2. The van der Waals surface area contributed by atoms with Crippen LogP contribution in [-0.2, 0) is 28.9 Å². The predicted octanol–water partition coefficient (Wildman–Crippen LogP) is 8.78. The zero-order valence-electron chi connectivity index (χ0n) is 42.0. The lowest BCUT2D eigenvalue weighted by Gasteiger charge is -2.40. The third-order valence-corrected chi connectivity index (χ3v) is 15.0. The molecule has 0 aliphatic carbocycles. The van der Waals surface area contributed by atoms with Gasteiger partial charge >= 0.3 is 0 Å². The molecule has 21 heteroatoms. The van der Waals surface area contributed by atoms with Crippen molar-refractivity contribution in [2.75, 3.05) is 27.3 Å². The molecule has 3 aromatic carbocycles. The summed E-state index contributed by atoms with van der Waals surface area (Å²) in [6.07, 6.45) is 3.60. The maximum Gasteiger partial charge on any atom is 0.274 e. The highest BCUT2D eigenvalue weighted by Gasteiger charge is 2.40. The van der Waals surface area contributed by atoms with Gasteiger partial charge in [-0.2, -0.15) is 0 Å². The van der Waals surface area contributed by atoms with Crippen LogP contribution in [0.15, 0.2) is 101 Å². The standard InChI is InChI=1S/C30H31FN4O4S.C23H25FN4O4S.ClH/c1-18(2)34-16-24(19(3)38-4)35-15-23(29-33-32-25(40-29)14-20-10-12-22(31)13-11-20)27(36)28(26(35)30(34)37)39-17-21-8-6-5-7-9-21;1-12(2)27-11-17(13(3)32-4)28-10-16(20(29)21(30)19(28)23(27)31)22-26-25-18(33-22)9-14-5-7-15(24)8-6-14;/h5-13,15,18-19,24H,14,16-17H2,1-4H3;5-8,10,12-13,17,30H,9,11H2,1-4H3;1H/t19-,24-;13-,17-;/m11./s1. The molecule has 0 bridgehead atoms. The van der Waals surface area contributed by atoms with E-state index in [9.17, 15) is 33.1 Å². The molecule has 7 aromatic rings. The van der Waals surface area contributed by atoms with Crippen molar-refractivity contribution in [3.05, 3.63) is 161 Å². The van der Waals surface area contributed by atoms with Crippen molar-refractivity contribution < 1.29 is 37.7 Å². The summed E-state index contributed by atoms with van der Waals surface area (Å²) in [4.78, 5) is 57.3. The lowest BCUT2D eigenvalue weighted by atomic mass is 10.0. The minimum Gasteiger partial charge on any atom is -0.503 e. The number of carbonyl (C=O) groups is 2. The lowest BCUT2D eigenvalue weighted by molar-refractivity contribution is 0.0266. The van der Waals surface area contributed by atoms with E-state index in [0.717, 1.165) is 16.7 Å². The quantitative estimate of drug-likeness (QED) is 0.103. The molecular formula is C53H57ClF2N8O8S2. The number of rotatable bonds is 15. The largest absolute Gasteiger partial charge is 0.503 e. The highest BCUT2D eigenvalue weighted by molar-refractivity contribution is 7.15. The number of benzene rings is 3. The Bertz CT molecular complexity index is 3220. The predicted molar refractivity (Wildman–Crippen MR) is 281 cm³/mol. The highest BCUT2D eigenvalue weighted by atomic mass is 35.5. The summed E-state index contributed by atoms with van der Waals surface area (Å²) in [7, 11) is 3.21. The van der Waals surface area contributed by atoms with Gasteiger partial charge in [-0.15, -0.1) is 32.8 Å². The fourth-order valence-electron chi connectivity index (χ4n) is 8.73. The van der Waals surface area contributed by atoms with Crippen molar-refractivity contribution in [2.24, 2.45) is 0 Å². The summed E-state index contributed by atoms with van der Waals surface area (Å²) in [5.74, 6) is -1.92. The first-order valence-corrected chi connectivity index (χ1v) is 25.4. The zero-order chi connectivity index (χ0) is 52.2. The minimum atomic E-state index is -0.673. The molecule has 0 saturated heterocycles. The number of hydrogen-bond acceptors (Lipinski definition) is 14. The Hall–Kier alpha value is -6.71. The second-order valence-electron chi connectivity index (χ2n) is 18.4. The van der Waals surface area contributed by atoms with Crippen LogP contribution in [0.25, 0.3) is 21.1 Å². The molecule has 0 radical (unpaired) electrons. The third kappa shape index (κ3) is 11.6. The monoisotopic (exact) mass is 1070 g/mol. The topological polar surface area (TPSA) is 184 Å². The van der Waals surface area contributed by atoms with Gasteiger partial charge in [0, 0.05) is 64.6 Å². The number of ether oxygens (including phenoxy) is 3. The van der Waals surface area contributed by atoms with Gasteiger partial charge in [0.15, 0.2) is 32.9 Å². The maximum atomic E-state index is 14.0. The van der Waals surface area contributed by atoms with Gasteiger partial charge in [-0.3, -0.25) is 19.2 Å². The van der Waals surface area contributed by atoms with Crippen LogP contribution in [0.2, 0.25) is 0 Å². The second kappa shape index (κ2) is 23.7. The van der Waals surface area contributed by atoms with E-state index in [2.05, 4.69) is 20.4 Å². The van der Waals surface area contributed by atoms with Gasteiger partial charge in [-0.1, -0.05) is 77.3 Å². The van der Waals surface area contributed by atoms with Gasteiger partial charge in [0.05, 0.1) is 35.4 Å². The maximum absolute atomic E-state index is 14.0. The Labute approximate surface area is 440 Å². The number of nitrogens with zero attached hydrogens (tertiary/aromatic N) is 8. The Balaban J connectivity index is 0.000000217. The number of fused-ring (bicyclic) bond motifs is 2. The number of hydrogen-bond donors (Lipinski definition) is 1. The van der Waals surface area contributed by atoms with Gasteiger partial charge in [0.25, 0.3) is 11.8 Å². The molecule has 74 heavy (non-hydrogen) atoms. The summed E-state index contributed by atoms with van der Waals surface area (Å²) in [5, 5.41) is 29.8. The molecule has 2 amide bonds. The summed E-state index contributed by atoms with van der Waals surface area (Å²) in [5.41, 5.74) is 2.14. The molecule has 4 aromatic heterocycles. The van der Waals surface area contributed by atoms with E-state index in [0.29, 0.717) is 51.5 Å². The molecule has 16 nitrogen and oxygen atoms in total. The third-order valence-electron chi connectivity index (χ3n) is 13.0. The number of halogens is 3. The van der Waals surface area contributed by atoms with Gasteiger partial charge < -0.3 is 38.3 Å². The van der Waals surface area contributed by atoms with Crippen molar-refractivity contribution in [3.63, 3.8) is 0 Å². The molecule has 390 valence electrons. The minimum absolute atomic E-state index is 0. The van der Waals surface area contributed by atoms with Crippen LogP contribution < -0.4 is 15.6 Å². The Morgan fingerprint density at radius 2 is 1.04 bits per heavy atom. The van der Waals surface area contributed by atoms with Gasteiger partial charge in [-0.05, 0) is 82.5 Å². The first kappa shape index (κ1) is 55.0. The Kier molecular flexibility index (Phi) is 17.6. The molecular weight excluding hydrogens is 1010 g/mol. The SMILES string of the molecule is CO[C@H](C)[C@H]1CN(C(C)C)C(=O)c2c(O)c(=O)c(-c3nnc(Cc4ccc(F)cc4)s3)cn21.CO[C@H](C)[C@H]1CN(C(C)C)C(=O)c2c(OCc3ccccc3)c(=O)c(-c3nnc(Cc4ccc(F)cc4)s3)cn21.Cl. The fraction of sp³-hybridized carbons (Fsp3) is 0.358. The van der Waals surface area contributed by atoms with Crippen LogP contribution in [-0.4, -0.2) is 108 Å². The van der Waals surface area contributed by atoms with Crippen molar-refractivity contribution in [1.29, 1.82) is 0 Å². The molecule has 0 spiro atoms. The van der Waals surface area contributed by atoms with Crippen LogP contribution >= 0.6 is 35.1 Å². The van der Waals surface area contributed by atoms with Gasteiger partial charge in [0.2, 0.25) is 10.9 Å². The van der Waals surface area contributed by atoms with Crippen molar-refractivity contribution in [2.45, 2.75) is 97.4 Å². The normalized spacial score (nSPS) is 16.1. The first-order chi connectivity index (χ1) is 35.0. The summed E-state index contributed by atoms with van der Waals surface area (Å²) in [6, 6.07) is 21.0. The van der Waals surface area contributed by atoms with Crippen LogP contribution in [0.3, 0.4) is 0 Å². The van der Waals surface area contributed by atoms with E-state index in [1.807, 2.05) is 76.4 Å². The molecule has 1 N–H and O–H groups in total. The van der Waals surface area contributed by atoms with Crippen LogP contribution in [0.1, 0.15) is 101 Å². The van der Waals surface area contributed by atoms with Crippen LogP contribution in [0.5, 0.6) is 11.5 Å². The summed E-state index contributed by atoms with van der Waals surface area (Å²) in [6.45, 7) is 12.4. The fourth-order valence-corrected chi connectivity index (χ4v) is 10.5. The average molecular weight is 1070 g/mol. The van der Waals surface area contributed by atoms with Crippen LogP contribution in [0, 0.1) is 11.6 Å². The number of pyridine rings is 2. The molecule has 0 fully saturated rings. The van der Waals surface area contributed by atoms with Crippen molar-refractivity contribution in [1.82, 2.24) is 39.3 Å². The Morgan fingerprint density at radius 1 is 0.608 bits per heavy atom. The van der Waals surface area contributed by atoms with Crippen LogP contribution in [0.4, 0.5) is 8.78 Å². The van der Waals surface area contributed by atoms with E-state index in [1.165, 1.54) is 46.9 Å². The molecule has 4 atom stereocenters. The Morgan fingerprint density at radius 3 is 1.49 bits per heavy atom. The highest BCUT2D eigenvalue weighted by Crippen LogP contribution is 2.36.